The summed E-state index contributed by atoms with van der Waals surface area (Å²) in [6.45, 7) is 3.89. The quantitative estimate of drug-likeness (QED) is 0.834. The van der Waals surface area contributed by atoms with E-state index in [-0.39, 0.29) is 0 Å². The Bertz CT molecular complexity index is 422. The third-order valence-corrected chi connectivity index (χ3v) is 2.31. The van der Waals surface area contributed by atoms with Crippen LogP contribution in [0.3, 0.4) is 0 Å². The van der Waals surface area contributed by atoms with E-state index < -0.39 is 0 Å². The number of pyridine rings is 1. The topological polar surface area (TPSA) is 42.7 Å². The molecule has 0 saturated heterocycles. The van der Waals surface area contributed by atoms with Crippen molar-refractivity contribution >= 4 is 5.69 Å². The van der Waals surface area contributed by atoms with Crippen LogP contribution in [-0.4, -0.2) is 14.8 Å². The molecule has 0 aliphatic carbocycles. The molecule has 4 heteroatoms. The largest absolute Gasteiger partial charge is 0.378 e. The number of hydrogen-bond donors (Lipinski definition) is 1. The fourth-order valence-corrected chi connectivity index (χ4v) is 1.51. The molecule has 0 atom stereocenters. The lowest BCUT2D eigenvalue weighted by Gasteiger charge is -2.02. The molecule has 4 nitrogen and oxygen atoms in total. The Morgan fingerprint density at radius 1 is 1.38 bits per heavy atom. The van der Waals surface area contributed by atoms with Gasteiger partial charge in [0, 0.05) is 31.7 Å². The average Bonchev–Trinajstić information content (AvgIpc) is 2.76. The van der Waals surface area contributed by atoms with Crippen molar-refractivity contribution in [1.29, 1.82) is 0 Å². The molecule has 0 bridgehead atoms. The summed E-state index contributed by atoms with van der Waals surface area (Å²) < 4.78 is 1.95. The molecule has 2 heterocycles. The Morgan fingerprint density at radius 3 is 3.06 bits per heavy atom. The van der Waals surface area contributed by atoms with Crippen LogP contribution < -0.4 is 5.32 Å². The van der Waals surface area contributed by atoms with Gasteiger partial charge in [-0.3, -0.25) is 9.67 Å². The van der Waals surface area contributed by atoms with E-state index in [0.29, 0.717) is 0 Å². The average molecular weight is 216 g/mol. The summed E-state index contributed by atoms with van der Waals surface area (Å²) >= 11 is 0. The zero-order valence-corrected chi connectivity index (χ0v) is 9.43. The zero-order chi connectivity index (χ0) is 11.2. The molecule has 0 aliphatic heterocycles. The van der Waals surface area contributed by atoms with Crippen molar-refractivity contribution in [1.82, 2.24) is 14.8 Å². The molecule has 16 heavy (non-hydrogen) atoms. The van der Waals surface area contributed by atoms with Crippen LogP contribution in [0.5, 0.6) is 0 Å². The highest BCUT2D eigenvalue weighted by Gasteiger charge is 1.97. The number of anilines is 1. The van der Waals surface area contributed by atoms with Gasteiger partial charge in [-0.1, -0.05) is 13.0 Å². The standard InChI is InChI=1S/C12H16N4/c1-2-6-16-10-12(9-15-16)14-8-11-4-3-5-13-7-11/h3-5,7,9-10,14H,2,6,8H2,1H3. The lowest BCUT2D eigenvalue weighted by molar-refractivity contribution is 0.603. The minimum absolute atomic E-state index is 0.783. The number of aromatic nitrogens is 3. The number of hydrogen-bond acceptors (Lipinski definition) is 3. The third kappa shape index (κ3) is 2.82. The van der Waals surface area contributed by atoms with E-state index in [1.807, 2.05) is 29.3 Å². The van der Waals surface area contributed by atoms with E-state index in [1.165, 1.54) is 5.56 Å². The monoisotopic (exact) mass is 216 g/mol. The van der Waals surface area contributed by atoms with Gasteiger partial charge in [-0.25, -0.2) is 0 Å². The van der Waals surface area contributed by atoms with Crippen LogP contribution in [0.15, 0.2) is 36.9 Å². The van der Waals surface area contributed by atoms with Gasteiger partial charge >= 0.3 is 0 Å². The van der Waals surface area contributed by atoms with E-state index in [9.17, 15) is 0 Å². The molecule has 0 aliphatic rings. The second-order valence-electron chi connectivity index (χ2n) is 3.71. The van der Waals surface area contributed by atoms with Crippen LogP contribution >= 0.6 is 0 Å². The molecular weight excluding hydrogens is 200 g/mol. The van der Waals surface area contributed by atoms with Crippen molar-refractivity contribution in [3.05, 3.63) is 42.5 Å². The molecule has 1 N–H and O–H groups in total. The first-order valence-corrected chi connectivity index (χ1v) is 5.53. The van der Waals surface area contributed by atoms with E-state index >= 15 is 0 Å². The molecule has 0 radical (unpaired) electrons. The minimum Gasteiger partial charge on any atom is -0.378 e. The summed E-state index contributed by atoms with van der Waals surface area (Å²) in [5, 5.41) is 7.57. The van der Waals surface area contributed by atoms with E-state index in [1.54, 1.807) is 6.20 Å². The molecule has 0 fully saturated rings. The highest BCUT2D eigenvalue weighted by Crippen LogP contribution is 2.07. The molecule has 84 valence electrons. The fraction of sp³-hybridized carbons (Fsp3) is 0.333. The van der Waals surface area contributed by atoms with E-state index in [0.717, 1.165) is 25.2 Å². The molecule has 0 spiro atoms. The zero-order valence-electron chi connectivity index (χ0n) is 9.43. The van der Waals surface area contributed by atoms with Crippen LogP contribution in [0.4, 0.5) is 5.69 Å². The van der Waals surface area contributed by atoms with E-state index in [4.69, 9.17) is 0 Å². The number of nitrogens with zero attached hydrogens (tertiary/aromatic N) is 3. The van der Waals surface area contributed by atoms with Gasteiger partial charge in [0.25, 0.3) is 0 Å². The van der Waals surface area contributed by atoms with Crippen molar-refractivity contribution in [2.75, 3.05) is 5.32 Å². The Morgan fingerprint density at radius 2 is 2.31 bits per heavy atom. The number of aryl methyl sites for hydroxylation is 1. The van der Waals surface area contributed by atoms with Gasteiger partial charge in [-0.05, 0) is 18.1 Å². The predicted octanol–water partition coefficient (Wildman–Crippen LogP) is 2.30. The Kier molecular flexibility index (Phi) is 3.53. The number of nitrogens with one attached hydrogen (secondary N) is 1. The van der Waals surface area contributed by atoms with Gasteiger partial charge < -0.3 is 5.32 Å². The second kappa shape index (κ2) is 5.30. The van der Waals surface area contributed by atoms with Gasteiger partial charge in [-0.15, -0.1) is 0 Å². The SMILES string of the molecule is CCCn1cc(NCc2cccnc2)cn1. The number of rotatable bonds is 5. The van der Waals surface area contributed by atoms with Crippen molar-refractivity contribution in [3.63, 3.8) is 0 Å². The Balaban J connectivity index is 1.89. The summed E-state index contributed by atoms with van der Waals surface area (Å²) in [5.74, 6) is 0. The fourth-order valence-electron chi connectivity index (χ4n) is 1.51. The van der Waals surface area contributed by atoms with Crippen LogP contribution in [0, 0.1) is 0 Å². The van der Waals surface area contributed by atoms with Gasteiger partial charge in [0.2, 0.25) is 0 Å². The minimum atomic E-state index is 0.783. The molecule has 2 rings (SSSR count). The molecular formula is C12H16N4. The Labute approximate surface area is 95.3 Å². The molecule has 2 aromatic heterocycles. The first-order chi connectivity index (χ1) is 7.88. The predicted molar refractivity (Wildman–Crippen MR) is 64.1 cm³/mol. The summed E-state index contributed by atoms with van der Waals surface area (Å²) in [5.41, 5.74) is 2.23. The van der Waals surface area contributed by atoms with Gasteiger partial charge in [-0.2, -0.15) is 5.10 Å². The summed E-state index contributed by atoms with van der Waals surface area (Å²) in [6, 6.07) is 3.99. The van der Waals surface area contributed by atoms with Gasteiger partial charge in [0.1, 0.15) is 0 Å². The normalized spacial score (nSPS) is 10.3. The van der Waals surface area contributed by atoms with Gasteiger partial charge in [0.05, 0.1) is 11.9 Å². The first-order valence-electron chi connectivity index (χ1n) is 5.53. The first kappa shape index (κ1) is 10.7. The van der Waals surface area contributed by atoms with Crippen molar-refractivity contribution in [2.24, 2.45) is 0 Å². The van der Waals surface area contributed by atoms with Crippen molar-refractivity contribution < 1.29 is 0 Å². The maximum absolute atomic E-state index is 4.26. The lowest BCUT2D eigenvalue weighted by atomic mass is 10.3. The molecule has 0 amide bonds. The maximum atomic E-state index is 4.26. The highest BCUT2D eigenvalue weighted by atomic mass is 15.3. The van der Waals surface area contributed by atoms with Crippen LogP contribution in [0.25, 0.3) is 0 Å². The maximum Gasteiger partial charge on any atom is 0.0729 e. The van der Waals surface area contributed by atoms with Crippen LogP contribution in [-0.2, 0) is 13.1 Å². The van der Waals surface area contributed by atoms with Gasteiger partial charge in [0.15, 0.2) is 0 Å². The van der Waals surface area contributed by atoms with E-state index in [2.05, 4.69) is 28.4 Å². The summed E-state index contributed by atoms with van der Waals surface area (Å²) in [6.07, 6.45) is 8.63. The smallest absolute Gasteiger partial charge is 0.0729 e. The highest BCUT2D eigenvalue weighted by molar-refractivity contribution is 5.38. The molecule has 0 aromatic carbocycles. The lowest BCUT2D eigenvalue weighted by Crippen LogP contribution is -1.99. The second-order valence-corrected chi connectivity index (χ2v) is 3.71. The summed E-state index contributed by atoms with van der Waals surface area (Å²) in [4.78, 5) is 4.07. The van der Waals surface area contributed by atoms with Crippen molar-refractivity contribution in [3.8, 4) is 0 Å². The van der Waals surface area contributed by atoms with Crippen LogP contribution in [0.2, 0.25) is 0 Å². The van der Waals surface area contributed by atoms with Crippen LogP contribution in [0.1, 0.15) is 18.9 Å². The Hall–Kier alpha value is -1.84. The van der Waals surface area contributed by atoms with Crippen molar-refractivity contribution in [2.45, 2.75) is 26.4 Å². The molecule has 2 aromatic rings. The third-order valence-electron chi connectivity index (χ3n) is 2.31. The molecule has 0 unspecified atom stereocenters. The molecule has 0 saturated carbocycles. The summed E-state index contributed by atoms with van der Waals surface area (Å²) in [7, 11) is 0.